The first-order valence-electron chi connectivity index (χ1n) is 7.95. The Bertz CT molecular complexity index is 418. The maximum absolute atomic E-state index is 5.86. The molecular formula is C19H30O2. The van der Waals surface area contributed by atoms with E-state index in [1.54, 1.807) is 7.11 Å². The minimum atomic E-state index is -0.197. The molecule has 1 aromatic carbocycles. The molecule has 0 fully saturated rings. The molecule has 21 heavy (non-hydrogen) atoms. The molecule has 0 N–H and O–H groups in total. The van der Waals surface area contributed by atoms with Crippen LogP contribution in [0.3, 0.4) is 0 Å². The quantitative estimate of drug-likeness (QED) is 0.471. The third kappa shape index (κ3) is 5.55. The van der Waals surface area contributed by atoms with Gasteiger partial charge in [0.15, 0.2) is 0 Å². The summed E-state index contributed by atoms with van der Waals surface area (Å²) < 4.78 is 11.2. The van der Waals surface area contributed by atoms with Gasteiger partial charge in [0.2, 0.25) is 6.29 Å². The Hall–Kier alpha value is -1.28. The zero-order valence-corrected chi connectivity index (χ0v) is 14.3. The SMILES string of the molecule is CC/C=C\C(c1ccc(OC(OC)C(C)C)cc1)C(C)C. The van der Waals surface area contributed by atoms with Gasteiger partial charge in [-0.2, -0.15) is 0 Å². The molecule has 2 unspecified atom stereocenters. The first-order valence-corrected chi connectivity index (χ1v) is 7.95. The van der Waals surface area contributed by atoms with Crippen LogP contribution in [0, 0.1) is 11.8 Å². The van der Waals surface area contributed by atoms with E-state index in [9.17, 15) is 0 Å². The van der Waals surface area contributed by atoms with Crippen LogP contribution in [0.2, 0.25) is 0 Å². The molecule has 2 nitrogen and oxygen atoms in total. The van der Waals surface area contributed by atoms with Gasteiger partial charge in [0.1, 0.15) is 5.75 Å². The average molecular weight is 290 g/mol. The van der Waals surface area contributed by atoms with Crippen molar-refractivity contribution in [3.8, 4) is 5.75 Å². The van der Waals surface area contributed by atoms with Crippen molar-refractivity contribution in [2.75, 3.05) is 7.11 Å². The molecule has 2 heteroatoms. The topological polar surface area (TPSA) is 18.5 Å². The second kappa shape index (κ2) is 8.89. The van der Waals surface area contributed by atoms with Crippen LogP contribution in [0.5, 0.6) is 5.75 Å². The van der Waals surface area contributed by atoms with Gasteiger partial charge in [0.05, 0.1) is 0 Å². The zero-order valence-electron chi connectivity index (χ0n) is 14.3. The Balaban J connectivity index is 2.82. The van der Waals surface area contributed by atoms with Gasteiger partial charge in [-0.1, -0.05) is 58.9 Å². The molecule has 0 saturated heterocycles. The van der Waals surface area contributed by atoms with Crippen molar-refractivity contribution in [1.29, 1.82) is 0 Å². The second-order valence-corrected chi connectivity index (χ2v) is 6.14. The van der Waals surface area contributed by atoms with Gasteiger partial charge in [-0.15, -0.1) is 0 Å². The summed E-state index contributed by atoms with van der Waals surface area (Å²) in [6.45, 7) is 10.9. The molecule has 0 aliphatic heterocycles. The van der Waals surface area contributed by atoms with Gasteiger partial charge < -0.3 is 9.47 Å². The molecule has 0 saturated carbocycles. The van der Waals surface area contributed by atoms with Gasteiger partial charge >= 0.3 is 0 Å². The molecule has 0 bridgehead atoms. The minimum absolute atomic E-state index is 0.197. The van der Waals surface area contributed by atoms with E-state index in [0.29, 0.717) is 17.8 Å². The van der Waals surface area contributed by atoms with E-state index in [2.05, 4.69) is 58.9 Å². The van der Waals surface area contributed by atoms with Crippen molar-refractivity contribution in [3.63, 3.8) is 0 Å². The lowest BCUT2D eigenvalue weighted by Gasteiger charge is -2.22. The number of benzene rings is 1. The van der Waals surface area contributed by atoms with Crippen LogP contribution in [0.1, 0.15) is 52.5 Å². The highest BCUT2D eigenvalue weighted by atomic mass is 16.7. The van der Waals surface area contributed by atoms with E-state index in [-0.39, 0.29) is 6.29 Å². The van der Waals surface area contributed by atoms with Crippen LogP contribution in [0.4, 0.5) is 0 Å². The van der Waals surface area contributed by atoms with E-state index >= 15 is 0 Å². The molecule has 0 amide bonds. The van der Waals surface area contributed by atoms with Crippen LogP contribution >= 0.6 is 0 Å². The van der Waals surface area contributed by atoms with Crippen molar-refractivity contribution in [2.24, 2.45) is 11.8 Å². The maximum Gasteiger partial charge on any atom is 0.201 e. The first kappa shape index (κ1) is 17.8. The normalized spacial score (nSPS) is 14.9. The highest BCUT2D eigenvalue weighted by molar-refractivity contribution is 5.32. The Labute approximate surface area is 130 Å². The second-order valence-electron chi connectivity index (χ2n) is 6.14. The highest BCUT2D eigenvalue weighted by Gasteiger charge is 2.15. The number of ether oxygens (including phenoxy) is 2. The van der Waals surface area contributed by atoms with E-state index in [4.69, 9.17) is 9.47 Å². The smallest absolute Gasteiger partial charge is 0.201 e. The summed E-state index contributed by atoms with van der Waals surface area (Å²) in [7, 11) is 1.68. The number of hydrogen-bond donors (Lipinski definition) is 0. The van der Waals surface area contributed by atoms with Gasteiger partial charge in [0.25, 0.3) is 0 Å². The van der Waals surface area contributed by atoms with Gasteiger partial charge in [-0.3, -0.25) is 0 Å². The van der Waals surface area contributed by atoms with Crippen molar-refractivity contribution < 1.29 is 9.47 Å². The van der Waals surface area contributed by atoms with E-state index in [1.807, 2.05) is 12.1 Å². The highest BCUT2D eigenvalue weighted by Crippen LogP contribution is 2.28. The predicted octanol–water partition coefficient (Wildman–Crippen LogP) is 5.40. The van der Waals surface area contributed by atoms with Crippen molar-refractivity contribution >= 4 is 0 Å². The van der Waals surface area contributed by atoms with Crippen molar-refractivity contribution in [1.82, 2.24) is 0 Å². The summed E-state index contributed by atoms with van der Waals surface area (Å²) in [6.07, 6.45) is 5.44. The minimum Gasteiger partial charge on any atom is -0.465 e. The van der Waals surface area contributed by atoms with Gasteiger partial charge in [0, 0.05) is 18.9 Å². The molecule has 118 valence electrons. The average Bonchev–Trinajstić information content (AvgIpc) is 2.45. The number of methoxy groups -OCH3 is 1. The lowest BCUT2D eigenvalue weighted by atomic mass is 9.88. The Morgan fingerprint density at radius 3 is 2.05 bits per heavy atom. The van der Waals surface area contributed by atoms with E-state index in [1.165, 1.54) is 5.56 Å². The molecule has 1 rings (SSSR count). The fraction of sp³-hybridized carbons (Fsp3) is 0.579. The lowest BCUT2D eigenvalue weighted by molar-refractivity contribution is -0.0833. The summed E-state index contributed by atoms with van der Waals surface area (Å²) in [6, 6.07) is 8.40. The van der Waals surface area contributed by atoms with E-state index < -0.39 is 0 Å². The molecule has 0 aliphatic rings. The molecule has 1 aromatic rings. The molecule has 2 atom stereocenters. The first-order chi connectivity index (χ1) is 9.99. The molecule has 0 heterocycles. The van der Waals surface area contributed by atoms with Crippen LogP contribution in [0.15, 0.2) is 36.4 Å². The lowest BCUT2D eigenvalue weighted by Crippen LogP contribution is -2.24. The summed E-state index contributed by atoms with van der Waals surface area (Å²) >= 11 is 0. The van der Waals surface area contributed by atoms with Gasteiger partial charge in [-0.05, 0) is 30.0 Å². The molecule has 0 aromatic heterocycles. The summed E-state index contributed by atoms with van der Waals surface area (Å²) in [5.74, 6) is 2.23. The Morgan fingerprint density at radius 1 is 1.00 bits per heavy atom. The van der Waals surface area contributed by atoms with Crippen LogP contribution in [0.25, 0.3) is 0 Å². The van der Waals surface area contributed by atoms with Crippen molar-refractivity contribution in [3.05, 3.63) is 42.0 Å². The molecular weight excluding hydrogens is 260 g/mol. The van der Waals surface area contributed by atoms with Crippen LogP contribution in [-0.2, 0) is 4.74 Å². The summed E-state index contributed by atoms with van der Waals surface area (Å²) in [4.78, 5) is 0. The van der Waals surface area contributed by atoms with Crippen LogP contribution < -0.4 is 4.74 Å². The third-order valence-corrected chi connectivity index (χ3v) is 3.59. The monoisotopic (exact) mass is 290 g/mol. The van der Waals surface area contributed by atoms with Crippen molar-refractivity contribution in [2.45, 2.75) is 53.2 Å². The standard InChI is InChI=1S/C19H30O2/c1-7-8-9-18(14(2)3)16-10-12-17(13-11-16)21-19(20-6)15(4)5/h8-15,18-19H,7H2,1-6H3/b9-8-. The van der Waals surface area contributed by atoms with Gasteiger partial charge in [-0.25, -0.2) is 0 Å². The van der Waals surface area contributed by atoms with Crippen LogP contribution in [-0.4, -0.2) is 13.4 Å². The fourth-order valence-corrected chi connectivity index (χ4v) is 2.36. The molecule has 0 radical (unpaired) electrons. The van der Waals surface area contributed by atoms with E-state index in [0.717, 1.165) is 12.2 Å². The number of allylic oxidation sites excluding steroid dienone is 2. The molecule has 0 spiro atoms. The maximum atomic E-state index is 5.86. The largest absolute Gasteiger partial charge is 0.465 e. The zero-order chi connectivity index (χ0) is 15.8. The molecule has 0 aliphatic carbocycles. The predicted molar refractivity (Wildman–Crippen MR) is 89.7 cm³/mol. The fourth-order valence-electron chi connectivity index (χ4n) is 2.36. The summed E-state index contributed by atoms with van der Waals surface area (Å²) in [5, 5.41) is 0. The Morgan fingerprint density at radius 2 is 1.62 bits per heavy atom. The number of hydrogen-bond acceptors (Lipinski definition) is 2. The third-order valence-electron chi connectivity index (χ3n) is 3.59. The number of rotatable bonds is 8. The Kier molecular flexibility index (Phi) is 7.52. The summed E-state index contributed by atoms with van der Waals surface area (Å²) in [5.41, 5.74) is 1.33.